The van der Waals surface area contributed by atoms with Crippen molar-refractivity contribution in [2.24, 2.45) is 17.3 Å². The van der Waals surface area contributed by atoms with Crippen molar-refractivity contribution < 1.29 is 5.11 Å². The number of halogens is 2. The zero-order valence-electron chi connectivity index (χ0n) is 17.0. The Kier molecular flexibility index (Phi) is 5.14. The molecule has 0 spiro atoms. The van der Waals surface area contributed by atoms with Gasteiger partial charge in [0.1, 0.15) is 0 Å². The van der Waals surface area contributed by atoms with Crippen LogP contribution in [0, 0.1) is 0 Å². The van der Waals surface area contributed by atoms with Gasteiger partial charge in [0.2, 0.25) is 5.88 Å². The highest BCUT2D eigenvalue weighted by atomic mass is 79.9. The summed E-state index contributed by atoms with van der Waals surface area (Å²) in [4.78, 5) is 34.3. The number of nitrogens with one attached hydrogen (secondary N) is 2. The van der Waals surface area contributed by atoms with Crippen molar-refractivity contribution in [3.63, 3.8) is 0 Å². The van der Waals surface area contributed by atoms with Gasteiger partial charge in [0, 0.05) is 21.9 Å². The number of H-pyrrole nitrogens is 2. The Bertz CT molecular complexity index is 1680. The first-order valence-electron chi connectivity index (χ1n) is 9.68. The third kappa shape index (κ3) is 3.74. The maximum Gasteiger partial charge on any atom is 0.329 e. The number of aromatic amines is 2. The molecular formula is C21H15BrClN7O3. The van der Waals surface area contributed by atoms with E-state index in [4.69, 9.17) is 11.6 Å². The second kappa shape index (κ2) is 8.01. The smallest absolute Gasteiger partial charge is 0.329 e. The number of rotatable bonds is 4. The van der Waals surface area contributed by atoms with E-state index < -0.39 is 11.2 Å². The summed E-state index contributed by atoms with van der Waals surface area (Å²) >= 11 is 9.40. The molecule has 3 heterocycles. The lowest BCUT2D eigenvalue weighted by Gasteiger charge is -2.06. The Morgan fingerprint density at radius 3 is 2.64 bits per heavy atom. The van der Waals surface area contributed by atoms with E-state index in [0.717, 1.165) is 10.0 Å². The van der Waals surface area contributed by atoms with E-state index in [1.165, 1.54) is 11.6 Å². The SMILES string of the molecule is Cn1c(=O)[nH]c(=O)c2c1nc(N=Nc1c(O)[nH]c3ccc(Br)cc13)n2Cc1ccc(Cl)cc1. The van der Waals surface area contributed by atoms with Crippen LogP contribution in [0.1, 0.15) is 5.56 Å². The fourth-order valence-corrected chi connectivity index (χ4v) is 4.04. The first kappa shape index (κ1) is 21.2. The van der Waals surface area contributed by atoms with Crippen molar-refractivity contribution in [1.82, 2.24) is 24.1 Å². The van der Waals surface area contributed by atoms with Crippen LogP contribution >= 0.6 is 27.5 Å². The molecule has 166 valence electrons. The maximum atomic E-state index is 12.7. The first-order chi connectivity index (χ1) is 15.8. The van der Waals surface area contributed by atoms with Crippen LogP contribution in [0.15, 0.2) is 66.8 Å². The zero-order valence-corrected chi connectivity index (χ0v) is 19.3. The molecule has 2 aromatic carbocycles. The minimum atomic E-state index is -0.591. The molecular weight excluding hydrogens is 514 g/mol. The van der Waals surface area contributed by atoms with E-state index in [0.29, 0.717) is 15.9 Å². The molecule has 33 heavy (non-hydrogen) atoms. The summed E-state index contributed by atoms with van der Waals surface area (Å²) in [6.07, 6.45) is 0. The molecule has 0 saturated carbocycles. The molecule has 0 atom stereocenters. The van der Waals surface area contributed by atoms with Gasteiger partial charge in [-0.1, -0.05) is 39.7 Å². The van der Waals surface area contributed by atoms with E-state index in [1.54, 1.807) is 28.8 Å². The Labute approximate surface area is 198 Å². The highest BCUT2D eigenvalue weighted by Crippen LogP contribution is 2.37. The summed E-state index contributed by atoms with van der Waals surface area (Å²) in [5, 5.41) is 20.0. The van der Waals surface area contributed by atoms with E-state index in [-0.39, 0.29) is 35.2 Å². The number of fused-ring (bicyclic) bond motifs is 2. The highest BCUT2D eigenvalue weighted by Gasteiger charge is 2.18. The summed E-state index contributed by atoms with van der Waals surface area (Å²) in [6.45, 7) is 0.231. The van der Waals surface area contributed by atoms with Crippen molar-refractivity contribution >= 4 is 61.2 Å². The van der Waals surface area contributed by atoms with Gasteiger partial charge in [-0.2, -0.15) is 4.98 Å². The number of hydrogen-bond acceptors (Lipinski definition) is 6. The van der Waals surface area contributed by atoms with Gasteiger partial charge in [0.15, 0.2) is 16.9 Å². The monoisotopic (exact) mass is 527 g/mol. The van der Waals surface area contributed by atoms with Crippen LogP contribution < -0.4 is 11.2 Å². The average molecular weight is 529 g/mol. The quantitative estimate of drug-likeness (QED) is 0.296. The molecule has 10 nitrogen and oxygen atoms in total. The summed E-state index contributed by atoms with van der Waals surface area (Å²) in [7, 11) is 1.50. The lowest BCUT2D eigenvalue weighted by atomic mass is 10.2. The van der Waals surface area contributed by atoms with Crippen LogP contribution in [0.2, 0.25) is 5.02 Å². The van der Waals surface area contributed by atoms with E-state index in [1.807, 2.05) is 18.2 Å². The van der Waals surface area contributed by atoms with Crippen LogP contribution in [-0.2, 0) is 13.6 Å². The van der Waals surface area contributed by atoms with Gasteiger partial charge in [0.05, 0.1) is 12.1 Å². The normalized spacial score (nSPS) is 11.8. The van der Waals surface area contributed by atoms with Crippen LogP contribution in [0.5, 0.6) is 5.88 Å². The Balaban J connectivity index is 1.70. The third-order valence-corrected chi connectivity index (χ3v) is 5.94. The third-order valence-electron chi connectivity index (χ3n) is 5.19. The zero-order chi connectivity index (χ0) is 23.3. The maximum absolute atomic E-state index is 12.7. The molecule has 0 saturated heterocycles. The second-order valence-corrected chi connectivity index (χ2v) is 8.68. The fourth-order valence-electron chi connectivity index (χ4n) is 3.55. The van der Waals surface area contributed by atoms with Gasteiger partial charge in [0.25, 0.3) is 11.5 Å². The van der Waals surface area contributed by atoms with E-state index >= 15 is 0 Å². The van der Waals surface area contributed by atoms with Crippen molar-refractivity contribution in [2.45, 2.75) is 6.54 Å². The van der Waals surface area contributed by atoms with Crippen LogP contribution in [0.4, 0.5) is 11.6 Å². The molecule has 0 bridgehead atoms. The molecule has 5 aromatic rings. The molecule has 0 aliphatic carbocycles. The number of hydrogen-bond donors (Lipinski definition) is 3. The number of imidazole rings is 1. The van der Waals surface area contributed by atoms with Crippen LogP contribution in [-0.4, -0.2) is 29.2 Å². The summed E-state index contributed by atoms with van der Waals surface area (Å²) in [5.41, 5.74) is 0.894. The molecule has 0 radical (unpaired) electrons. The van der Waals surface area contributed by atoms with E-state index in [9.17, 15) is 14.7 Å². The Morgan fingerprint density at radius 2 is 1.88 bits per heavy atom. The molecule has 3 aromatic heterocycles. The number of azo groups is 1. The van der Waals surface area contributed by atoms with Crippen molar-refractivity contribution in [1.29, 1.82) is 0 Å². The van der Waals surface area contributed by atoms with Gasteiger partial charge >= 0.3 is 5.69 Å². The minimum Gasteiger partial charge on any atom is -0.493 e. The summed E-state index contributed by atoms with van der Waals surface area (Å²) in [5.74, 6) is -0.0622. The molecule has 0 fully saturated rings. The molecule has 0 unspecified atom stereocenters. The largest absolute Gasteiger partial charge is 0.493 e. The van der Waals surface area contributed by atoms with E-state index in [2.05, 4.69) is 41.1 Å². The summed E-state index contributed by atoms with van der Waals surface area (Å²) < 4.78 is 3.60. The fraction of sp³-hybridized carbons (Fsp3) is 0.0952. The van der Waals surface area contributed by atoms with Crippen molar-refractivity contribution in [2.75, 3.05) is 0 Å². The van der Waals surface area contributed by atoms with Gasteiger partial charge < -0.3 is 10.1 Å². The predicted octanol–water partition coefficient (Wildman–Crippen LogP) is 4.49. The molecule has 3 N–H and O–H groups in total. The van der Waals surface area contributed by atoms with Gasteiger partial charge in [-0.3, -0.25) is 18.9 Å². The van der Waals surface area contributed by atoms with Crippen LogP contribution in [0.25, 0.3) is 22.1 Å². The molecule has 0 amide bonds. The summed E-state index contributed by atoms with van der Waals surface area (Å²) in [6, 6.07) is 12.5. The Hall–Kier alpha value is -3.70. The predicted molar refractivity (Wildman–Crippen MR) is 128 cm³/mol. The second-order valence-electron chi connectivity index (χ2n) is 7.33. The first-order valence-corrected chi connectivity index (χ1v) is 10.8. The topological polar surface area (TPSA) is 133 Å². The highest BCUT2D eigenvalue weighted by molar-refractivity contribution is 9.10. The molecule has 0 aliphatic rings. The number of benzene rings is 2. The molecule has 0 aliphatic heterocycles. The Morgan fingerprint density at radius 1 is 1.12 bits per heavy atom. The molecule has 12 heteroatoms. The van der Waals surface area contributed by atoms with Gasteiger partial charge in [-0.05, 0) is 35.9 Å². The standard InChI is InChI=1S/C21H15BrClN7O3/c1-29-17-16(19(32)26-21(29)33)30(9-10-2-5-12(23)6-3-10)20(25-17)28-27-15-13-8-11(22)4-7-14(13)24-18(15)31/h2-8,24,31H,9H2,1H3,(H,26,32,33). The lowest BCUT2D eigenvalue weighted by molar-refractivity contribution is 0.459. The number of nitrogens with zero attached hydrogens (tertiary/aromatic N) is 5. The van der Waals surface area contributed by atoms with Crippen LogP contribution in [0.3, 0.4) is 0 Å². The van der Waals surface area contributed by atoms with Crippen molar-refractivity contribution in [3.05, 3.63) is 78.4 Å². The number of aromatic hydroxyl groups is 1. The lowest BCUT2D eigenvalue weighted by Crippen LogP contribution is -2.29. The average Bonchev–Trinajstić information content (AvgIpc) is 3.29. The van der Waals surface area contributed by atoms with Gasteiger partial charge in [-0.15, -0.1) is 10.2 Å². The minimum absolute atomic E-state index is 0.0930. The number of aryl methyl sites for hydroxylation is 1. The molecule has 5 rings (SSSR count). The van der Waals surface area contributed by atoms with Crippen molar-refractivity contribution in [3.8, 4) is 5.88 Å². The number of aromatic nitrogens is 5. The van der Waals surface area contributed by atoms with Gasteiger partial charge in [-0.25, -0.2) is 4.79 Å².